The van der Waals surface area contributed by atoms with Gasteiger partial charge in [0.25, 0.3) is 0 Å². The number of nitrogens with one attached hydrogen (secondary N) is 1. The monoisotopic (exact) mass is 369 g/mol. The summed E-state index contributed by atoms with van der Waals surface area (Å²) < 4.78 is 18.4. The molecule has 27 heavy (non-hydrogen) atoms. The van der Waals surface area contributed by atoms with Gasteiger partial charge in [0.05, 0.1) is 43.2 Å². The molecule has 142 valence electrons. The Morgan fingerprint density at radius 1 is 1.15 bits per heavy atom. The summed E-state index contributed by atoms with van der Waals surface area (Å²) in [5, 5.41) is 8.82. The zero-order chi connectivity index (χ0) is 18.8. The lowest BCUT2D eigenvalue weighted by Gasteiger charge is -2.23. The summed E-state index contributed by atoms with van der Waals surface area (Å²) in [5.41, 5.74) is 2.72. The van der Waals surface area contributed by atoms with E-state index >= 15 is 0 Å². The van der Waals surface area contributed by atoms with Gasteiger partial charge in [-0.2, -0.15) is 5.10 Å². The van der Waals surface area contributed by atoms with E-state index in [0.29, 0.717) is 23.4 Å². The van der Waals surface area contributed by atoms with Crippen molar-refractivity contribution in [2.75, 3.05) is 32.8 Å². The highest BCUT2D eigenvalue weighted by atomic mass is 16.5. The van der Waals surface area contributed by atoms with Crippen molar-refractivity contribution in [3.05, 3.63) is 30.4 Å². The van der Waals surface area contributed by atoms with Crippen LogP contribution >= 0.6 is 0 Å². The number of aromatic nitrogens is 4. The lowest BCUT2D eigenvalue weighted by molar-refractivity contribution is 0.0657. The Balaban J connectivity index is 1.70. The topological polar surface area (TPSA) is 83.3 Å². The molecule has 1 saturated heterocycles. The van der Waals surface area contributed by atoms with Gasteiger partial charge in [-0.25, -0.2) is 9.97 Å². The minimum atomic E-state index is 0.372. The van der Waals surface area contributed by atoms with E-state index in [1.165, 1.54) is 6.33 Å². The van der Waals surface area contributed by atoms with Crippen LogP contribution in [-0.2, 0) is 4.74 Å². The number of hydrogen-bond donors (Lipinski definition) is 1. The summed E-state index contributed by atoms with van der Waals surface area (Å²) in [6.45, 7) is 3.63. The first-order chi connectivity index (χ1) is 13.2. The average Bonchev–Trinajstić information content (AvgIpc) is 3.08. The second-order valence-electron chi connectivity index (χ2n) is 6.50. The van der Waals surface area contributed by atoms with E-state index in [4.69, 9.17) is 14.2 Å². The van der Waals surface area contributed by atoms with Crippen molar-refractivity contribution in [1.29, 1.82) is 0 Å². The number of anilines is 2. The third-order valence-corrected chi connectivity index (χ3v) is 4.97. The lowest BCUT2D eigenvalue weighted by atomic mass is 10.1. The van der Waals surface area contributed by atoms with E-state index in [-0.39, 0.29) is 0 Å². The van der Waals surface area contributed by atoms with Crippen LogP contribution in [0.25, 0.3) is 10.9 Å². The van der Waals surface area contributed by atoms with Crippen LogP contribution in [-0.4, -0.2) is 47.2 Å². The molecule has 2 aromatic heterocycles. The molecule has 0 amide bonds. The Kier molecular flexibility index (Phi) is 4.81. The van der Waals surface area contributed by atoms with E-state index < -0.39 is 0 Å². The molecule has 1 aliphatic heterocycles. The van der Waals surface area contributed by atoms with Gasteiger partial charge >= 0.3 is 0 Å². The fraction of sp³-hybridized carbons (Fsp3) is 0.421. The second kappa shape index (κ2) is 7.40. The van der Waals surface area contributed by atoms with Crippen LogP contribution in [0.5, 0.6) is 11.5 Å². The van der Waals surface area contributed by atoms with Gasteiger partial charge in [-0.05, 0) is 25.8 Å². The molecule has 0 bridgehead atoms. The number of methoxy groups -OCH3 is 2. The first kappa shape index (κ1) is 17.5. The van der Waals surface area contributed by atoms with E-state index in [1.54, 1.807) is 14.2 Å². The number of rotatable bonds is 5. The molecular weight excluding hydrogens is 346 g/mol. The molecule has 3 aromatic rings. The quantitative estimate of drug-likeness (QED) is 0.739. The molecular formula is C19H23N5O3. The van der Waals surface area contributed by atoms with Gasteiger partial charge < -0.3 is 19.5 Å². The smallest absolute Gasteiger partial charge is 0.148 e. The number of hydrogen-bond acceptors (Lipinski definition) is 7. The maximum atomic E-state index is 5.46. The summed E-state index contributed by atoms with van der Waals surface area (Å²) in [6, 6.07) is 4.09. The SMILES string of the molecule is COc1cc(OC)c2ncnc(Nc3cnn(C4CCOCC4)c3C)c2c1. The van der Waals surface area contributed by atoms with Crippen molar-refractivity contribution < 1.29 is 14.2 Å². The van der Waals surface area contributed by atoms with Gasteiger partial charge in [0.15, 0.2) is 0 Å². The maximum absolute atomic E-state index is 5.46. The molecule has 1 aliphatic rings. The lowest BCUT2D eigenvalue weighted by Crippen LogP contribution is -2.21. The third-order valence-electron chi connectivity index (χ3n) is 4.97. The predicted molar refractivity (Wildman–Crippen MR) is 102 cm³/mol. The highest BCUT2D eigenvalue weighted by Crippen LogP contribution is 2.34. The average molecular weight is 369 g/mol. The van der Waals surface area contributed by atoms with Crippen molar-refractivity contribution >= 4 is 22.4 Å². The minimum Gasteiger partial charge on any atom is -0.497 e. The molecule has 3 heterocycles. The van der Waals surface area contributed by atoms with Gasteiger partial charge in [-0.3, -0.25) is 4.68 Å². The van der Waals surface area contributed by atoms with E-state index in [2.05, 4.69) is 32.0 Å². The highest BCUT2D eigenvalue weighted by Gasteiger charge is 2.20. The Morgan fingerprint density at radius 3 is 2.70 bits per heavy atom. The molecule has 1 aromatic carbocycles. The summed E-state index contributed by atoms with van der Waals surface area (Å²) in [5.74, 6) is 2.02. The fourth-order valence-corrected chi connectivity index (χ4v) is 3.45. The number of benzene rings is 1. The predicted octanol–water partition coefficient (Wildman–Crippen LogP) is 3.25. The van der Waals surface area contributed by atoms with Crippen LogP contribution in [0.1, 0.15) is 24.6 Å². The van der Waals surface area contributed by atoms with Crippen molar-refractivity contribution in [2.45, 2.75) is 25.8 Å². The van der Waals surface area contributed by atoms with E-state index in [1.807, 2.05) is 18.3 Å². The molecule has 0 aliphatic carbocycles. The molecule has 0 radical (unpaired) electrons. The zero-order valence-electron chi connectivity index (χ0n) is 15.7. The van der Waals surface area contributed by atoms with Crippen LogP contribution in [0, 0.1) is 6.92 Å². The van der Waals surface area contributed by atoms with Crippen LogP contribution in [0.4, 0.5) is 11.5 Å². The Bertz CT molecular complexity index is 950. The van der Waals surface area contributed by atoms with Gasteiger partial charge in [0.1, 0.15) is 29.2 Å². The van der Waals surface area contributed by atoms with Gasteiger partial charge in [-0.1, -0.05) is 0 Å². The Morgan fingerprint density at radius 2 is 1.96 bits per heavy atom. The normalized spacial score (nSPS) is 15.1. The molecule has 1 N–H and O–H groups in total. The molecule has 1 fully saturated rings. The molecule has 0 saturated carbocycles. The standard InChI is InChI=1S/C19H23N5O3/c1-12-16(10-22-24(12)13-4-6-27-7-5-13)23-19-15-8-14(25-2)9-17(26-3)18(15)20-11-21-19/h8-11,13H,4-7H2,1-3H3,(H,20,21,23). The van der Waals surface area contributed by atoms with Crippen molar-refractivity contribution in [3.8, 4) is 11.5 Å². The molecule has 0 spiro atoms. The van der Waals surface area contributed by atoms with Crippen LogP contribution < -0.4 is 14.8 Å². The fourth-order valence-electron chi connectivity index (χ4n) is 3.45. The Labute approximate surface area is 157 Å². The largest absolute Gasteiger partial charge is 0.497 e. The summed E-state index contributed by atoms with van der Waals surface area (Å²) in [4.78, 5) is 8.79. The first-order valence-corrected chi connectivity index (χ1v) is 8.97. The van der Waals surface area contributed by atoms with Crippen molar-refractivity contribution in [3.63, 3.8) is 0 Å². The molecule has 0 atom stereocenters. The van der Waals surface area contributed by atoms with Gasteiger partial charge in [0, 0.05) is 19.3 Å². The van der Waals surface area contributed by atoms with Crippen molar-refractivity contribution in [1.82, 2.24) is 19.7 Å². The summed E-state index contributed by atoms with van der Waals surface area (Å²) in [6.07, 6.45) is 5.33. The van der Waals surface area contributed by atoms with Crippen molar-refractivity contribution in [2.24, 2.45) is 0 Å². The highest BCUT2D eigenvalue weighted by molar-refractivity contribution is 5.95. The van der Waals surface area contributed by atoms with Gasteiger partial charge in [0.2, 0.25) is 0 Å². The second-order valence-corrected chi connectivity index (χ2v) is 6.50. The van der Waals surface area contributed by atoms with E-state index in [9.17, 15) is 0 Å². The summed E-state index contributed by atoms with van der Waals surface area (Å²) in [7, 11) is 3.24. The molecule has 0 unspecified atom stereocenters. The number of fused-ring (bicyclic) bond motifs is 1. The van der Waals surface area contributed by atoms with Crippen LogP contribution in [0.15, 0.2) is 24.7 Å². The molecule has 8 heteroatoms. The van der Waals surface area contributed by atoms with Crippen LogP contribution in [0.3, 0.4) is 0 Å². The minimum absolute atomic E-state index is 0.372. The molecule has 8 nitrogen and oxygen atoms in total. The molecule has 4 rings (SSSR count). The Hall–Kier alpha value is -2.87. The van der Waals surface area contributed by atoms with Crippen LogP contribution in [0.2, 0.25) is 0 Å². The first-order valence-electron chi connectivity index (χ1n) is 8.97. The van der Waals surface area contributed by atoms with Gasteiger partial charge in [-0.15, -0.1) is 0 Å². The maximum Gasteiger partial charge on any atom is 0.148 e. The number of nitrogens with zero attached hydrogens (tertiary/aromatic N) is 4. The van der Waals surface area contributed by atoms with E-state index in [0.717, 1.165) is 48.3 Å². The summed E-state index contributed by atoms with van der Waals surface area (Å²) >= 11 is 0. The number of ether oxygens (including phenoxy) is 3. The third kappa shape index (κ3) is 3.28. The zero-order valence-corrected chi connectivity index (χ0v) is 15.7.